The molecule has 0 amide bonds. The van der Waals surface area contributed by atoms with Crippen LogP contribution in [0.4, 0.5) is 11.4 Å². The summed E-state index contributed by atoms with van der Waals surface area (Å²) in [4.78, 5) is 4.79. The van der Waals surface area contributed by atoms with Gasteiger partial charge < -0.3 is 10.6 Å². The molecule has 3 aromatic carbocycles. The maximum Gasteiger partial charge on any atom is 0.200 e. The van der Waals surface area contributed by atoms with E-state index < -0.39 is 0 Å². The number of benzene rings is 3. The summed E-state index contributed by atoms with van der Waals surface area (Å²) in [7, 11) is 0. The maximum absolute atomic E-state index is 4.79. The molecule has 0 saturated carbocycles. The number of guanidine groups is 1. The number of para-hydroxylation sites is 2. The molecule has 0 unspecified atom stereocenters. The summed E-state index contributed by atoms with van der Waals surface area (Å²) >= 11 is 0. The van der Waals surface area contributed by atoms with Gasteiger partial charge in [-0.25, -0.2) is 0 Å². The van der Waals surface area contributed by atoms with Crippen LogP contribution in [0.1, 0.15) is 16.7 Å². The standard InChI is InChI=1S/C23H25N3/c1-18-10-9-11-19(2)22(18)16-17-24-23(25-20-12-5-3-6-13-20)26-21-14-7-4-8-15-21/h3-15H,16-17H2,1-2H3,(H2,24,25,26). The summed E-state index contributed by atoms with van der Waals surface area (Å²) < 4.78 is 0. The number of hydrogen-bond donors (Lipinski definition) is 2. The Morgan fingerprint density at radius 3 is 1.69 bits per heavy atom. The minimum atomic E-state index is 0.723. The van der Waals surface area contributed by atoms with Gasteiger partial charge in [0.1, 0.15) is 0 Å². The summed E-state index contributed by atoms with van der Waals surface area (Å²) in [6.07, 6.45) is 0.926. The molecule has 3 rings (SSSR count). The first-order valence-electron chi connectivity index (χ1n) is 8.96. The summed E-state index contributed by atoms with van der Waals surface area (Å²) in [5.41, 5.74) is 6.07. The van der Waals surface area contributed by atoms with Crippen LogP contribution in [-0.4, -0.2) is 12.5 Å². The van der Waals surface area contributed by atoms with E-state index >= 15 is 0 Å². The first kappa shape index (κ1) is 17.7. The number of rotatable bonds is 5. The van der Waals surface area contributed by atoms with Crippen LogP contribution in [0.2, 0.25) is 0 Å². The highest BCUT2D eigenvalue weighted by molar-refractivity contribution is 6.03. The highest BCUT2D eigenvalue weighted by Crippen LogP contribution is 2.14. The second-order valence-electron chi connectivity index (χ2n) is 6.33. The molecule has 0 heterocycles. The zero-order chi connectivity index (χ0) is 18.2. The number of aryl methyl sites for hydroxylation is 2. The molecule has 0 aliphatic heterocycles. The van der Waals surface area contributed by atoms with Crippen LogP contribution >= 0.6 is 0 Å². The molecule has 0 aliphatic carbocycles. The normalized spacial score (nSPS) is 10.2. The first-order chi connectivity index (χ1) is 12.7. The number of hydrogen-bond acceptors (Lipinski definition) is 1. The van der Waals surface area contributed by atoms with E-state index in [-0.39, 0.29) is 0 Å². The van der Waals surface area contributed by atoms with E-state index in [0.29, 0.717) is 0 Å². The molecule has 3 aromatic rings. The van der Waals surface area contributed by atoms with Crippen molar-refractivity contribution in [3.63, 3.8) is 0 Å². The lowest BCUT2D eigenvalue weighted by Crippen LogP contribution is -2.22. The summed E-state index contributed by atoms with van der Waals surface area (Å²) in [6.45, 7) is 5.05. The number of nitrogens with zero attached hydrogens (tertiary/aromatic N) is 1. The Morgan fingerprint density at radius 2 is 1.19 bits per heavy atom. The van der Waals surface area contributed by atoms with E-state index in [0.717, 1.165) is 30.3 Å². The van der Waals surface area contributed by atoms with Crippen molar-refractivity contribution >= 4 is 17.3 Å². The third-order valence-corrected chi connectivity index (χ3v) is 4.35. The summed E-state index contributed by atoms with van der Waals surface area (Å²) in [5.74, 6) is 0.758. The SMILES string of the molecule is Cc1cccc(C)c1CCN=C(Nc1ccccc1)Nc1ccccc1. The van der Waals surface area contributed by atoms with Gasteiger partial charge in [-0.3, -0.25) is 4.99 Å². The number of aliphatic imine (C=N–C) groups is 1. The average molecular weight is 343 g/mol. The monoisotopic (exact) mass is 343 g/mol. The molecule has 0 spiro atoms. The van der Waals surface area contributed by atoms with Crippen molar-refractivity contribution in [2.45, 2.75) is 20.3 Å². The molecule has 0 atom stereocenters. The van der Waals surface area contributed by atoms with Crippen molar-refractivity contribution in [2.24, 2.45) is 4.99 Å². The number of anilines is 2. The lowest BCUT2D eigenvalue weighted by atomic mass is 10.0. The van der Waals surface area contributed by atoms with Gasteiger partial charge in [-0.2, -0.15) is 0 Å². The van der Waals surface area contributed by atoms with Crippen LogP contribution in [0.15, 0.2) is 83.9 Å². The van der Waals surface area contributed by atoms with Crippen molar-refractivity contribution in [2.75, 3.05) is 17.2 Å². The van der Waals surface area contributed by atoms with Gasteiger partial charge in [0.25, 0.3) is 0 Å². The topological polar surface area (TPSA) is 36.4 Å². The molecule has 132 valence electrons. The highest BCUT2D eigenvalue weighted by atomic mass is 15.2. The van der Waals surface area contributed by atoms with E-state index in [4.69, 9.17) is 4.99 Å². The molecule has 3 nitrogen and oxygen atoms in total. The molecule has 0 saturated heterocycles. The van der Waals surface area contributed by atoms with E-state index in [1.165, 1.54) is 16.7 Å². The Kier molecular flexibility index (Phi) is 6.05. The summed E-state index contributed by atoms with van der Waals surface area (Å²) in [6, 6.07) is 26.6. The number of nitrogens with one attached hydrogen (secondary N) is 2. The Balaban J connectivity index is 1.74. The quantitative estimate of drug-likeness (QED) is 0.479. The van der Waals surface area contributed by atoms with Gasteiger partial charge in [0, 0.05) is 17.9 Å². The van der Waals surface area contributed by atoms with Crippen LogP contribution in [-0.2, 0) is 6.42 Å². The highest BCUT2D eigenvalue weighted by Gasteiger charge is 2.04. The molecule has 0 aliphatic rings. The van der Waals surface area contributed by atoms with E-state index in [2.05, 4.69) is 42.7 Å². The molecule has 26 heavy (non-hydrogen) atoms. The van der Waals surface area contributed by atoms with Crippen molar-refractivity contribution in [3.05, 3.63) is 95.6 Å². The Morgan fingerprint density at radius 1 is 0.692 bits per heavy atom. The van der Waals surface area contributed by atoms with Gasteiger partial charge in [-0.15, -0.1) is 0 Å². The Labute approximate surface area is 155 Å². The van der Waals surface area contributed by atoms with Crippen LogP contribution in [0.3, 0.4) is 0 Å². The van der Waals surface area contributed by atoms with Crippen molar-refractivity contribution in [1.29, 1.82) is 0 Å². The van der Waals surface area contributed by atoms with E-state index in [9.17, 15) is 0 Å². The van der Waals surface area contributed by atoms with Gasteiger partial charge in [0.15, 0.2) is 5.96 Å². The zero-order valence-electron chi connectivity index (χ0n) is 15.4. The smallest absolute Gasteiger partial charge is 0.200 e. The van der Waals surface area contributed by atoms with Crippen molar-refractivity contribution in [1.82, 2.24) is 0 Å². The molecule has 2 N–H and O–H groups in total. The van der Waals surface area contributed by atoms with Crippen LogP contribution in [0.25, 0.3) is 0 Å². The molecular formula is C23H25N3. The Hall–Kier alpha value is -3.07. The fourth-order valence-electron chi connectivity index (χ4n) is 2.95. The second kappa shape index (κ2) is 8.86. The lowest BCUT2D eigenvalue weighted by molar-refractivity contribution is 0.945. The third-order valence-electron chi connectivity index (χ3n) is 4.35. The van der Waals surface area contributed by atoms with E-state index in [1.807, 2.05) is 60.7 Å². The average Bonchev–Trinajstić information content (AvgIpc) is 2.66. The van der Waals surface area contributed by atoms with Crippen molar-refractivity contribution < 1.29 is 0 Å². The van der Waals surface area contributed by atoms with Gasteiger partial charge in [-0.1, -0.05) is 54.6 Å². The van der Waals surface area contributed by atoms with Gasteiger partial charge in [0.05, 0.1) is 0 Å². The second-order valence-corrected chi connectivity index (χ2v) is 6.33. The minimum Gasteiger partial charge on any atom is -0.326 e. The largest absolute Gasteiger partial charge is 0.326 e. The summed E-state index contributed by atoms with van der Waals surface area (Å²) in [5, 5.41) is 6.76. The molecule has 0 fully saturated rings. The molecule has 0 aromatic heterocycles. The zero-order valence-corrected chi connectivity index (χ0v) is 15.4. The van der Waals surface area contributed by atoms with Crippen LogP contribution < -0.4 is 10.6 Å². The first-order valence-corrected chi connectivity index (χ1v) is 8.96. The van der Waals surface area contributed by atoms with Gasteiger partial charge in [-0.05, 0) is 61.2 Å². The molecular weight excluding hydrogens is 318 g/mol. The Bertz CT molecular complexity index is 791. The van der Waals surface area contributed by atoms with E-state index in [1.54, 1.807) is 0 Å². The minimum absolute atomic E-state index is 0.723. The fraction of sp³-hybridized carbons (Fsp3) is 0.174. The van der Waals surface area contributed by atoms with Gasteiger partial charge in [0.2, 0.25) is 0 Å². The third kappa shape index (κ3) is 4.96. The molecule has 0 bridgehead atoms. The van der Waals surface area contributed by atoms with Gasteiger partial charge >= 0.3 is 0 Å². The van der Waals surface area contributed by atoms with Crippen molar-refractivity contribution in [3.8, 4) is 0 Å². The lowest BCUT2D eigenvalue weighted by Gasteiger charge is -2.13. The predicted molar refractivity (Wildman–Crippen MR) is 112 cm³/mol. The molecule has 0 radical (unpaired) electrons. The van der Waals surface area contributed by atoms with Crippen LogP contribution in [0.5, 0.6) is 0 Å². The maximum atomic E-state index is 4.79. The fourth-order valence-corrected chi connectivity index (χ4v) is 2.95. The molecule has 3 heteroatoms. The van der Waals surface area contributed by atoms with Crippen LogP contribution in [0, 0.1) is 13.8 Å². The predicted octanol–water partition coefficient (Wildman–Crippen LogP) is 5.43.